The fourth-order valence-electron chi connectivity index (χ4n) is 4.21. The molecule has 2 aromatic heterocycles. The van der Waals surface area contributed by atoms with E-state index in [0.717, 1.165) is 54.6 Å². The zero-order valence-electron chi connectivity index (χ0n) is 17.1. The van der Waals surface area contributed by atoms with Crippen molar-refractivity contribution in [3.8, 4) is 16.9 Å². The molecule has 2 amide bonds. The van der Waals surface area contributed by atoms with E-state index in [9.17, 15) is 4.79 Å². The third kappa shape index (κ3) is 4.24. The predicted octanol–water partition coefficient (Wildman–Crippen LogP) is 5.14. The van der Waals surface area contributed by atoms with Crippen molar-refractivity contribution in [2.75, 3.05) is 6.54 Å². The van der Waals surface area contributed by atoms with E-state index in [2.05, 4.69) is 11.9 Å². The third-order valence-corrected chi connectivity index (χ3v) is 6.20. The first kappa shape index (κ1) is 20.5. The SMILES string of the molecule is CCCCC1CC(Oc2ccc(-c3ccc4nccn4c3Cl)cc2)CCN1C(N)=O. The number of pyridine rings is 1. The Bertz CT molecular complexity index is 1020. The van der Waals surface area contributed by atoms with Crippen LogP contribution in [0.5, 0.6) is 5.75 Å². The molecule has 1 aliphatic rings. The number of likely N-dealkylation sites (tertiary alicyclic amines) is 1. The summed E-state index contributed by atoms with van der Waals surface area (Å²) in [6.07, 6.45) is 8.42. The largest absolute Gasteiger partial charge is 0.490 e. The molecule has 0 saturated carbocycles. The quantitative estimate of drug-likeness (QED) is 0.555. The monoisotopic (exact) mass is 426 g/mol. The standard InChI is InChI=1S/C23H27ClN4O2/c1-2-3-4-17-15-19(11-13-27(17)23(25)29)30-18-7-5-16(6-8-18)20-9-10-21-26-12-14-28(21)22(20)24/h5-10,12,14,17,19H,2-4,11,13,15H2,1H3,(H2,25,29). The number of piperidine rings is 1. The van der Waals surface area contributed by atoms with Gasteiger partial charge in [-0.3, -0.25) is 4.40 Å². The number of urea groups is 1. The molecule has 2 unspecified atom stereocenters. The van der Waals surface area contributed by atoms with Crippen molar-refractivity contribution >= 4 is 23.3 Å². The number of imidazole rings is 1. The molecule has 2 N–H and O–H groups in total. The van der Waals surface area contributed by atoms with Crippen LogP contribution in [0, 0.1) is 0 Å². The van der Waals surface area contributed by atoms with E-state index in [0.29, 0.717) is 11.7 Å². The molecule has 1 aromatic carbocycles. The van der Waals surface area contributed by atoms with Crippen LogP contribution in [-0.4, -0.2) is 39.0 Å². The second-order valence-electron chi connectivity index (χ2n) is 7.81. The van der Waals surface area contributed by atoms with Gasteiger partial charge in [0, 0.05) is 43.4 Å². The van der Waals surface area contributed by atoms with E-state index >= 15 is 0 Å². The molecular formula is C23H27ClN4O2. The summed E-state index contributed by atoms with van der Waals surface area (Å²) in [6, 6.07) is 11.8. The maximum Gasteiger partial charge on any atom is 0.315 e. The van der Waals surface area contributed by atoms with Crippen LogP contribution in [0.25, 0.3) is 16.8 Å². The second-order valence-corrected chi connectivity index (χ2v) is 8.17. The molecule has 0 bridgehead atoms. The number of fused-ring (bicyclic) bond motifs is 1. The highest BCUT2D eigenvalue weighted by atomic mass is 35.5. The average Bonchev–Trinajstić information content (AvgIpc) is 3.23. The zero-order chi connectivity index (χ0) is 21.1. The van der Waals surface area contributed by atoms with Crippen molar-refractivity contribution < 1.29 is 9.53 Å². The Labute approximate surface area is 181 Å². The molecular weight excluding hydrogens is 400 g/mol. The first-order valence-electron chi connectivity index (χ1n) is 10.5. The van der Waals surface area contributed by atoms with Gasteiger partial charge in [0.1, 0.15) is 22.7 Å². The van der Waals surface area contributed by atoms with Crippen LogP contribution in [0.3, 0.4) is 0 Å². The van der Waals surface area contributed by atoms with Crippen LogP contribution in [0.2, 0.25) is 5.15 Å². The lowest BCUT2D eigenvalue weighted by molar-refractivity contribution is 0.0724. The zero-order valence-corrected chi connectivity index (χ0v) is 17.9. The van der Waals surface area contributed by atoms with E-state index in [-0.39, 0.29) is 18.2 Å². The Balaban J connectivity index is 1.45. The molecule has 30 heavy (non-hydrogen) atoms. The van der Waals surface area contributed by atoms with Gasteiger partial charge in [0.2, 0.25) is 0 Å². The van der Waals surface area contributed by atoms with Crippen LogP contribution in [0.4, 0.5) is 4.79 Å². The predicted molar refractivity (Wildman–Crippen MR) is 119 cm³/mol. The molecule has 1 fully saturated rings. The van der Waals surface area contributed by atoms with Crippen LogP contribution >= 0.6 is 11.6 Å². The lowest BCUT2D eigenvalue weighted by Gasteiger charge is -2.38. The minimum atomic E-state index is -0.328. The van der Waals surface area contributed by atoms with E-state index < -0.39 is 0 Å². The van der Waals surface area contributed by atoms with Crippen molar-refractivity contribution in [2.24, 2.45) is 5.73 Å². The van der Waals surface area contributed by atoms with E-state index in [1.165, 1.54) is 0 Å². The van der Waals surface area contributed by atoms with Gasteiger partial charge in [0.05, 0.1) is 0 Å². The number of unbranched alkanes of at least 4 members (excludes halogenated alkanes) is 1. The Morgan fingerprint density at radius 1 is 1.27 bits per heavy atom. The first-order chi connectivity index (χ1) is 14.6. The molecule has 158 valence electrons. The number of rotatable bonds is 6. The number of carbonyl (C=O) groups excluding carboxylic acids is 1. The van der Waals surface area contributed by atoms with Gasteiger partial charge in [-0.2, -0.15) is 0 Å². The fourth-order valence-corrected chi connectivity index (χ4v) is 4.52. The number of nitrogens with two attached hydrogens (primary N) is 1. The Morgan fingerprint density at radius 3 is 2.80 bits per heavy atom. The lowest BCUT2D eigenvalue weighted by Crippen LogP contribution is -2.50. The van der Waals surface area contributed by atoms with Gasteiger partial charge in [0.25, 0.3) is 0 Å². The fraction of sp³-hybridized carbons (Fsp3) is 0.391. The topological polar surface area (TPSA) is 72.9 Å². The Kier molecular flexibility index (Phi) is 6.13. The molecule has 2 atom stereocenters. The molecule has 3 heterocycles. The summed E-state index contributed by atoms with van der Waals surface area (Å²) in [5, 5.41) is 0.635. The van der Waals surface area contributed by atoms with Crippen molar-refractivity contribution in [3.05, 3.63) is 53.9 Å². The van der Waals surface area contributed by atoms with Crippen LogP contribution in [-0.2, 0) is 0 Å². The maximum absolute atomic E-state index is 11.7. The minimum absolute atomic E-state index is 0.0826. The van der Waals surface area contributed by atoms with Crippen molar-refractivity contribution in [2.45, 2.75) is 51.2 Å². The highest BCUT2D eigenvalue weighted by molar-refractivity contribution is 6.32. The van der Waals surface area contributed by atoms with Gasteiger partial charge in [-0.25, -0.2) is 9.78 Å². The van der Waals surface area contributed by atoms with Crippen molar-refractivity contribution in [3.63, 3.8) is 0 Å². The first-order valence-corrected chi connectivity index (χ1v) is 10.9. The average molecular weight is 427 g/mol. The maximum atomic E-state index is 11.7. The van der Waals surface area contributed by atoms with E-state index in [1.807, 2.05) is 47.0 Å². The highest BCUT2D eigenvalue weighted by Gasteiger charge is 2.31. The number of benzene rings is 1. The number of nitrogens with zero attached hydrogens (tertiary/aromatic N) is 3. The summed E-state index contributed by atoms with van der Waals surface area (Å²) >= 11 is 6.56. The van der Waals surface area contributed by atoms with Gasteiger partial charge in [0.15, 0.2) is 0 Å². The van der Waals surface area contributed by atoms with Gasteiger partial charge < -0.3 is 15.4 Å². The number of hydrogen-bond donors (Lipinski definition) is 1. The summed E-state index contributed by atoms with van der Waals surface area (Å²) in [5.74, 6) is 0.824. The van der Waals surface area contributed by atoms with Crippen molar-refractivity contribution in [1.82, 2.24) is 14.3 Å². The Morgan fingerprint density at radius 2 is 2.07 bits per heavy atom. The molecule has 7 heteroatoms. The number of carbonyl (C=O) groups is 1. The van der Waals surface area contributed by atoms with Crippen LogP contribution in [0.1, 0.15) is 39.0 Å². The van der Waals surface area contributed by atoms with Crippen LogP contribution in [0.15, 0.2) is 48.8 Å². The molecule has 6 nitrogen and oxygen atoms in total. The van der Waals surface area contributed by atoms with Gasteiger partial charge in [-0.05, 0) is 36.2 Å². The molecule has 0 radical (unpaired) electrons. The number of aromatic nitrogens is 2. The summed E-state index contributed by atoms with van der Waals surface area (Å²) in [5.41, 5.74) is 8.36. The minimum Gasteiger partial charge on any atom is -0.490 e. The number of amides is 2. The number of ether oxygens (including phenoxy) is 1. The normalized spacial score (nSPS) is 19.2. The molecule has 0 spiro atoms. The summed E-state index contributed by atoms with van der Waals surface area (Å²) < 4.78 is 8.11. The Hall–Kier alpha value is -2.73. The molecule has 0 aliphatic carbocycles. The molecule has 1 aliphatic heterocycles. The molecule has 1 saturated heterocycles. The lowest BCUT2D eigenvalue weighted by atomic mass is 9.95. The van der Waals surface area contributed by atoms with E-state index in [1.54, 1.807) is 11.1 Å². The van der Waals surface area contributed by atoms with Gasteiger partial charge in [-0.1, -0.05) is 43.5 Å². The third-order valence-electron chi connectivity index (χ3n) is 5.81. The molecule has 3 aromatic rings. The van der Waals surface area contributed by atoms with Crippen LogP contribution < -0.4 is 10.5 Å². The molecule has 4 rings (SSSR count). The van der Waals surface area contributed by atoms with Gasteiger partial charge >= 0.3 is 6.03 Å². The van der Waals surface area contributed by atoms with Crippen molar-refractivity contribution in [1.29, 1.82) is 0 Å². The summed E-state index contributed by atoms with van der Waals surface area (Å²) in [6.45, 7) is 2.80. The summed E-state index contributed by atoms with van der Waals surface area (Å²) in [4.78, 5) is 17.8. The van der Waals surface area contributed by atoms with E-state index in [4.69, 9.17) is 22.1 Å². The number of hydrogen-bond acceptors (Lipinski definition) is 3. The number of primary amides is 1. The smallest absolute Gasteiger partial charge is 0.315 e. The number of halogens is 1. The van der Waals surface area contributed by atoms with Gasteiger partial charge in [-0.15, -0.1) is 0 Å². The highest BCUT2D eigenvalue weighted by Crippen LogP contribution is 2.31. The summed E-state index contributed by atoms with van der Waals surface area (Å²) in [7, 11) is 0. The second kappa shape index (κ2) is 8.96.